The number of aromatic nitrogens is 2. The SMILES string of the molecule is [C-]#[N+]c1cccc(N(CC23CCC(c4noc(C(C)(F)F)n4)(CC2)CC3)C(=O)C2CC(C)(O)C2)c1. The minimum absolute atomic E-state index is 0.0107. The Bertz CT molecular complexity index is 1150. The standard InChI is InChI=1S/C26H30F2N4O3/c1-23(34)14-17(15-23)20(33)32(19-6-4-5-18(13-19)29-3)16-25-7-10-26(11-8-25,12-9-25)21-30-22(35-31-21)24(2,27)28/h4-6,13,17,34H,7-12,14-16H2,1-2H3. The van der Waals surface area contributed by atoms with Gasteiger partial charge in [0.1, 0.15) is 0 Å². The quantitative estimate of drug-likeness (QED) is 0.546. The van der Waals surface area contributed by atoms with E-state index in [1.54, 1.807) is 25.1 Å². The number of amides is 1. The average Bonchev–Trinajstić information content (AvgIpc) is 3.34. The van der Waals surface area contributed by atoms with Crippen LogP contribution in [-0.4, -0.2) is 33.3 Å². The van der Waals surface area contributed by atoms with E-state index in [4.69, 9.17) is 11.1 Å². The van der Waals surface area contributed by atoms with Crippen LogP contribution in [0.4, 0.5) is 20.2 Å². The number of halogens is 2. The van der Waals surface area contributed by atoms with E-state index >= 15 is 0 Å². The molecule has 4 saturated carbocycles. The van der Waals surface area contributed by atoms with Gasteiger partial charge in [0, 0.05) is 30.5 Å². The van der Waals surface area contributed by atoms with E-state index in [0.29, 0.717) is 36.6 Å². The molecule has 0 radical (unpaired) electrons. The van der Waals surface area contributed by atoms with Gasteiger partial charge >= 0.3 is 5.92 Å². The number of nitrogens with zero attached hydrogens (tertiary/aromatic N) is 4. The summed E-state index contributed by atoms with van der Waals surface area (Å²) in [7, 11) is 0. The maximum Gasteiger partial charge on any atom is 0.322 e. The molecule has 1 amide bonds. The van der Waals surface area contributed by atoms with Crippen LogP contribution in [-0.2, 0) is 16.1 Å². The summed E-state index contributed by atoms with van der Waals surface area (Å²) in [6.45, 7) is 10.4. The highest BCUT2D eigenvalue weighted by Gasteiger charge is 2.53. The lowest BCUT2D eigenvalue weighted by Crippen LogP contribution is -2.54. The number of hydrogen-bond acceptors (Lipinski definition) is 5. The Balaban J connectivity index is 1.37. The van der Waals surface area contributed by atoms with Crippen molar-refractivity contribution in [3.8, 4) is 0 Å². The zero-order valence-corrected chi connectivity index (χ0v) is 20.1. The van der Waals surface area contributed by atoms with Crippen LogP contribution in [0.15, 0.2) is 28.8 Å². The van der Waals surface area contributed by atoms with E-state index < -0.39 is 17.4 Å². The molecule has 0 atom stereocenters. The molecule has 0 saturated heterocycles. The molecule has 1 aromatic carbocycles. The fourth-order valence-electron chi connectivity index (χ4n) is 6.21. The van der Waals surface area contributed by atoms with Crippen molar-refractivity contribution in [1.82, 2.24) is 10.1 Å². The Labute approximate surface area is 203 Å². The summed E-state index contributed by atoms with van der Waals surface area (Å²) >= 11 is 0. The van der Waals surface area contributed by atoms with E-state index in [2.05, 4.69) is 15.0 Å². The largest absolute Gasteiger partial charge is 0.390 e. The summed E-state index contributed by atoms with van der Waals surface area (Å²) in [5.41, 5.74) is -0.0825. The van der Waals surface area contributed by atoms with Gasteiger partial charge < -0.3 is 14.5 Å². The molecule has 4 fully saturated rings. The van der Waals surface area contributed by atoms with Gasteiger partial charge in [-0.3, -0.25) is 4.79 Å². The van der Waals surface area contributed by atoms with E-state index in [9.17, 15) is 18.7 Å². The molecular formula is C26H30F2N4O3. The van der Waals surface area contributed by atoms with Crippen LogP contribution >= 0.6 is 0 Å². The summed E-state index contributed by atoms with van der Waals surface area (Å²) in [5.74, 6) is -3.68. The number of aliphatic hydroxyl groups is 1. The highest BCUT2D eigenvalue weighted by molar-refractivity contribution is 5.96. The molecule has 186 valence electrons. The second-order valence-corrected chi connectivity index (χ2v) is 11.2. The number of carbonyl (C=O) groups excluding carboxylic acids is 1. The summed E-state index contributed by atoms with van der Waals surface area (Å²) < 4.78 is 32.2. The van der Waals surface area contributed by atoms with Crippen LogP contribution in [0.2, 0.25) is 0 Å². The van der Waals surface area contributed by atoms with Crippen molar-refractivity contribution < 1.29 is 23.2 Å². The predicted octanol–water partition coefficient (Wildman–Crippen LogP) is 5.52. The van der Waals surface area contributed by atoms with Gasteiger partial charge in [0.15, 0.2) is 11.5 Å². The number of anilines is 1. The lowest BCUT2D eigenvalue weighted by molar-refractivity contribution is -0.137. The number of fused-ring (bicyclic) bond motifs is 3. The molecule has 1 N–H and O–H groups in total. The first-order chi connectivity index (χ1) is 16.4. The molecule has 0 unspecified atom stereocenters. The maximum atomic E-state index is 13.6. The molecular weight excluding hydrogens is 454 g/mol. The molecule has 1 heterocycles. The number of rotatable bonds is 6. The van der Waals surface area contributed by atoms with Gasteiger partial charge in [-0.2, -0.15) is 13.8 Å². The Kier molecular flexibility index (Phi) is 5.51. The fraction of sp³-hybridized carbons (Fsp3) is 0.615. The van der Waals surface area contributed by atoms with Crippen LogP contribution < -0.4 is 4.90 Å². The minimum atomic E-state index is -3.16. The first-order valence-electron chi connectivity index (χ1n) is 12.2. The monoisotopic (exact) mass is 484 g/mol. The number of alkyl halides is 2. The van der Waals surface area contributed by atoms with Gasteiger partial charge in [-0.05, 0) is 75.8 Å². The van der Waals surface area contributed by atoms with E-state index in [1.165, 1.54) is 0 Å². The van der Waals surface area contributed by atoms with Crippen LogP contribution in [0, 0.1) is 17.9 Å². The van der Waals surface area contributed by atoms with Gasteiger partial charge in [-0.25, -0.2) is 4.85 Å². The Morgan fingerprint density at radius 2 is 1.91 bits per heavy atom. The van der Waals surface area contributed by atoms with Gasteiger partial charge in [0.2, 0.25) is 5.91 Å². The molecule has 0 spiro atoms. The number of hydrogen-bond donors (Lipinski definition) is 1. The van der Waals surface area contributed by atoms with E-state index in [1.807, 2.05) is 11.0 Å². The smallest absolute Gasteiger partial charge is 0.322 e. The first-order valence-corrected chi connectivity index (χ1v) is 12.2. The lowest BCUT2D eigenvalue weighted by atomic mass is 9.53. The molecule has 4 aliphatic rings. The maximum absolute atomic E-state index is 13.6. The molecule has 35 heavy (non-hydrogen) atoms. The summed E-state index contributed by atoms with van der Waals surface area (Å²) in [6.07, 6.45) is 5.61. The van der Waals surface area contributed by atoms with E-state index in [0.717, 1.165) is 45.4 Å². The summed E-state index contributed by atoms with van der Waals surface area (Å²) in [6, 6.07) is 7.13. The van der Waals surface area contributed by atoms with Crippen molar-refractivity contribution in [3.05, 3.63) is 47.4 Å². The third kappa shape index (κ3) is 4.33. The summed E-state index contributed by atoms with van der Waals surface area (Å²) in [5, 5.41) is 14.1. The van der Waals surface area contributed by atoms with Crippen LogP contribution in [0.3, 0.4) is 0 Å². The highest BCUT2D eigenvalue weighted by atomic mass is 19.3. The summed E-state index contributed by atoms with van der Waals surface area (Å²) in [4.78, 5) is 23.0. The Morgan fingerprint density at radius 3 is 2.46 bits per heavy atom. The minimum Gasteiger partial charge on any atom is -0.390 e. The van der Waals surface area contributed by atoms with Gasteiger partial charge in [-0.15, -0.1) is 0 Å². The Morgan fingerprint density at radius 1 is 1.26 bits per heavy atom. The predicted molar refractivity (Wildman–Crippen MR) is 124 cm³/mol. The second kappa shape index (κ2) is 8.09. The van der Waals surface area contributed by atoms with Crippen molar-refractivity contribution in [3.63, 3.8) is 0 Å². The van der Waals surface area contributed by atoms with Gasteiger partial charge in [0.25, 0.3) is 5.89 Å². The van der Waals surface area contributed by atoms with Crippen molar-refractivity contribution in [1.29, 1.82) is 0 Å². The molecule has 2 aromatic rings. The van der Waals surface area contributed by atoms with Gasteiger partial charge in [-0.1, -0.05) is 17.3 Å². The second-order valence-electron chi connectivity index (χ2n) is 11.2. The van der Waals surface area contributed by atoms with E-state index in [-0.39, 0.29) is 22.7 Å². The molecule has 2 bridgehead atoms. The average molecular weight is 485 g/mol. The lowest BCUT2D eigenvalue weighted by Gasteiger charge is -2.54. The van der Waals surface area contributed by atoms with Crippen LogP contribution in [0.1, 0.15) is 76.9 Å². The normalized spacial score (nSPS) is 32.1. The van der Waals surface area contributed by atoms with Crippen molar-refractivity contribution in [2.24, 2.45) is 11.3 Å². The Hall–Kier alpha value is -2.86. The number of carbonyl (C=O) groups is 1. The van der Waals surface area contributed by atoms with Crippen molar-refractivity contribution in [2.45, 2.75) is 82.2 Å². The molecule has 1 aromatic heterocycles. The molecule has 9 heteroatoms. The highest BCUT2D eigenvalue weighted by Crippen LogP contribution is 2.58. The fourth-order valence-corrected chi connectivity index (χ4v) is 6.21. The van der Waals surface area contributed by atoms with Crippen molar-refractivity contribution >= 4 is 17.3 Å². The topological polar surface area (TPSA) is 83.8 Å². The molecule has 0 aliphatic heterocycles. The van der Waals surface area contributed by atoms with Gasteiger partial charge in [0.05, 0.1) is 12.2 Å². The third-order valence-corrected chi connectivity index (χ3v) is 8.43. The number of benzene rings is 1. The zero-order chi connectivity index (χ0) is 25.1. The third-order valence-electron chi connectivity index (χ3n) is 8.43. The first kappa shape index (κ1) is 23.9. The van der Waals surface area contributed by atoms with Crippen molar-refractivity contribution in [2.75, 3.05) is 11.4 Å². The molecule has 6 rings (SSSR count). The molecule has 4 aliphatic carbocycles. The molecule has 7 nitrogen and oxygen atoms in total. The zero-order valence-electron chi connectivity index (χ0n) is 20.1. The van der Waals surface area contributed by atoms with Crippen LogP contribution in [0.5, 0.6) is 0 Å². The van der Waals surface area contributed by atoms with Crippen LogP contribution in [0.25, 0.3) is 4.85 Å².